The molecule has 0 saturated heterocycles. The smallest absolute Gasteiger partial charge is 0.317 e. The molecule has 3 atom stereocenters. The van der Waals surface area contributed by atoms with Crippen LogP contribution < -0.4 is 15.4 Å². The minimum absolute atomic E-state index is 0.0151. The first-order chi connectivity index (χ1) is 14.1. The molecule has 2 amide bonds. The van der Waals surface area contributed by atoms with Gasteiger partial charge in [-0.3, -0.25) is 9.59 Å². The van der Waals surface area contributed by atoms with Crippen LogP contribution >= 0.6 is 0 Å². The fourth-order valence-corrected chi connectivity index (χ4v) is 4.15. The molecule has 7 heteroatoms. The standard InChI is InChI=1S/C22H24N4O3/c23-13-18(14-9-10-14)25-21(27)16-6-2-3-7-17(16)24-22(28)20-12-11-15-5-1-4-8-19(15)26(20)29/h1,4-5,8,11-12,14,16-18H,2-3,6-7,9-10H2,(H,24,28)(H,25,27). The molecule has 3 unspecified atom stereocenters. The van der Waals surface area contributed by atoms with Gasteiger partial charge in [0.1, 0.15) is 6.04 Å². The molecule has 1 aromatic carbocycles. The van der Waals surface area contributed by atoms with E-state index in [9.17, 15) is 20.1 Å². The number of carbonyl (C=O) groups is 2. The van der Waals surface area contributed by atoms with E-state index in [2.05, 4.69) is 16.7 Å². The van der Waals surface area contributed by atoms with Crippen LogP contribution in [0.2, 0.25) is 0 Å². The molecule has 1 heterocycles. The van der Waals surface area contributed by atoms with Crippen LogP contribution in [0, 0.1) is 28.4 Å². The molecule has 1 aromatic heterocycles. The van der Waals surface area contributed by atoms with Gasteiger partial charge in [0, 0.05) is 23.6 Å². The molecule has 29 heavy (non-hydrogen) atoms. The lowest BCUT2D eigenvalue weighted by atomic mass is 9.83. The summed E-state index contributed by atoms with van der Waals surface area (Å²) >= 11 is 0. The maximum Gasteiger partial charge on any atom is 0.317 e. The highest BCUT2D eigenvalue weighted by Gasteiger charge is 2.37. The molecule has 2 aromatic rings. The quantitative estimate of drug-likeness (QED) is 0.600. The molecular weight excluding hydrogens is 368 g/mol. The third-order valence-corrected chi connectivity index (χ3v) is 5.98. The van der Waals surface area contributed by atoms with E-state index < -0.39 is 11.9 Å². The lowest BCUT2D eigenvalue weighted by Gasteiger charge is -2.31. The van der Waals surface area contributed by atoms with Gasteiger partial charge in [-0.25, -0.2) is 0 Å². The van der Waals surface area contributed by atoms with Crippen molar-refractivity contribution in [3.05, 3.63) is 47.3 Å². The number of rotatable bonds is 5. The van der Waals surface area contributed by atoms with Gasteiger partial charge in [0.2, 0.25) is 11.4 Å². The second-order valence-electron chi connectivity index (χ2n) is 8.00. The second-order valence-corrected chi connectivity index (χ2v) is 8.00. The maximum atomic E-state index is 12.8. The van der Waals surface area contributed by atoms with Crippen molar-refractivity contribution in [1.82, 2.24) is 10.6 Å². The highest BCUT2D eigenvalue weighted by atomic mass is 16.5. The zero-order valence-corrected chi connectivity index (χ0v) is 16.1. The summed E-state index contributed by atoms with van der Waals surface area (Å²) in [7, 11) is 0. The van der Waals surface area contributed by atoms with E-state index in [0.29, 0.717) is 23.1 Å². The Balaban J connectivity index is 1.49. The van der Waals surface area contributed by atoms with Crippen molar-refractivity contribution in [1.29, 1.82) is 5.26 Å². The summed E-state index contributed by atoms with van der Waals surface area (Å²) in [5, 5.41) is 28.4. The summed E-state index contributed by atoms with van der Waals surface area (Å²) in [6.07, 6.45) is 5.09. The van der Waals surface area contributed by atoms with E-state index in [1.54, 1.807) is 18.2 Å². The second kappa shape index (κ2) is 8.08. The summed E-state index contributed by atoms with van der Waals surface area (Å²) in [4.78, 5) is 25.6. The van der Waals surface area contributed by atoms with Crippen LogP contribution in [0.4, 0.5) is 0 Å². The molecule has 0 spiro atoms. The molecule has 4 rings (SSSR count). The lowest BCUT2D eigenvalue weighted by Crippen LogP contribution is -2.52. The first-order valence-corrected chi connectivity index (χ1v) is 10.2. The van der Waals surface area contributed by atoms with E-state index in [-0.39, 0.29) is 29.5 Å². The zero-order chi connectivity index (χ0) is 20.4. The molecule has 150 valence electrons. The maximum absolute atomic E-state index is 12.8. The fourth-order valence-electron chi connectivity index (χ4n) is 4.15. The molecule has 2 fully saturated rings. The molecule has 0 radical (unpaired) electrons. The third kappa shape index (κ3) is 4.02. The van der Waals surface area contributed by atoms with Gasteiger partial charge < -0.3 is 15.8 Å². The number of nitrogens with one attached hydrogen (secondary N) is 2. The van der Waals surface area contributed by atoms with Gasteiger partial charge in [-0.15, -0.1) is 0 Å². The van der Waals surface area contributed by atoms with E-state index in [1.807, 2.05) is 12.1 Å². The van der Waals surface area contributed by atoms with Crippen molar-refractivity contribution in [3.63, 3.8) is 0 Å². The number of nitrogens with zero attached hydrogens (tertiary/aromatic N) is 2. The van der Waals surface area contributed by atoms with E-state index in [0.717, 1.165) is 31.1 Å². The van der Waals surface area contributed by atoms with Crippen molar-refractivity contribution in [2.45, 2.75) is 50.6 Å². The van der Waals surface area contributed by atoms with Gasteiger partial charge >= 0.3 is 5.91 Å². The van der Waals surface area contributed by atoms with Crippen LogP contribution in [0.15, 0.2) is 36.4 Å². The van der Waals surface area contributed by atoms with Gasteiger partial charge in [-0.1, -0.05) is 25.0 Å². The Morgan fingerprint density at radius 2 is 1.86 bits per heavy atom. The minimum Gasteiger partial charge on any atom is -0.618 e. The van der Waals surface area contributed by atoms with Crippen LogP contribution in [0.1, 0.15) is 49.0 Å². The Morgan fingerprint density at radius 3 is 2.62 bits per heavy atom. The first-order valence-electron chi connectivity index (χ1n) is 10.2. The molecule has 2 aliphatic carbocycles. The Hall–Kier alpha value is -3.14. The van der Waals surface area contributed by atoms with Crippen molar-refractivity contribution in [2.24, 2.45) is 11.8 Å². The van der Waals surface area contributed by atoms with Gasteiger partial charge in [0.05, 0.1) is 12.0 Å². The number of aromatic nitrogens is 1. The van der Waals surface area contributed by atoms with Crippen molar-refractivity contribution in [3.8, 4) is 6.07 Å². The van der Waals surface area contributed by atoms with Crippen molar-refractivity contribution in [2.75, 3.05) is 0 Å². The monoisotopic (exact) mass is 392 g/mol. The summed E-state index contributed by atoms with van der Waals surface area (Å²) in [6.45, 7) is 0. The number of fused-ring (bicyclic) bond motifs is 1. The Morgan fingerprint density at radius 1 is 1.10 bits per heavy atom. The molecule has 0 bridgehead atoms. The van der Waals surface area contributed by atoms with Crippen LogP contribution in [-0.2, 0) is 4.79 Å². The minimum atomic E-state index is -0.477. The molecule has 2 saturated carbocycles. The Bertz CT molecular complexity index is 980. The Labute approximate surface area is 169 Å². The average Bonchev–Trinajstić information content (AvgIpc) is 3.58. The lowest BCUT2D eigenvalue weighted by molar-refractivity contribution is -0.579. The highest BCUT2D eigenvalue weighted by Crippen LogP contribution is 2.33. The van der Waals surface area contributed by atoms with Gasteiger partial charge in [-0.05, 0) is 43.7 Å². The normalized spacial score (nSPS) is 22.4. The highest BCUT2D eigenvalue weighted by molar-refractivity contribution is 5.93. The molecule has 0 aliphatic heterocycles. The zero-order valence-electron chi connectivity index (χ0n) is 16.1. The van der Waals surface area contributed by atoms with Gasteiger partial charge in [0.25, 0.3) is 5.69 Å². The summed E-state index contributed by atoms with van der Waals surface area (Å²) in [6, 6.07) is 11.7. The largest absolute Gasteiger partial charge is 0.618 e. The summed E-state index contributed by atoms with van der Waals surface area (Å²) in [5.41, 5.74) is 0.445. The van der Waals surface area contributed by atoms with E-state index >= 15 is 0 Å². The number of pyridine rings is 1. The van der Waals surface area contributed by atoms with Crippen LogP contribution in [0.5, 0.6) is 0 Å². The number of carbonyl (C=O) groups excluding carboxylic acids is 2. The van der Waals surface area contributed by atoms with Crippen molar-refractivity contribution < 1.29 is 14.3 Å². The van der Waals surface area contributed by atoms with Gasteiger partial charge in [-0.2, -0.15) is 9.99 Å². The molecule has 7 nitrogen and oxygen atoms in total. The fraction of sp³-hybridized carbons (Fsp3) is 0.455. The van der Waals surface area contributed by atoms with Crippen LogP contribution in [-0.4, -0.2) is 23.9 Å². The predicted octanol–water partition coefficient (Wildman–Crippen LogP) is 2.18. The van der Waals surface area contributed by atoms with Crippen LogP contribution in [0.3, 0.4) is 0 Å². The number of para-hydroxylation sites is 1. The summed E-state index contributed by atoms with van der Waals surface area (Å²) in [5.74, 6) is -0.795. The number of hydrogen-bond donors (Lipinski definition) is 2. The van der Waals surface area contributed by atoms with Gasteiger partial charge in [0.15, 0.2) is 0 Å². The number of amides is 2. The number of hydrogen-bond acceptors (Lipinski definition) is 4. The SMILES string of the molecule is N#CC(NC(=O)C1CCCCC1NC(=O)c1ccc2ccccc2[n+]1[O-])C1CC1. The molecule has 2 N–H and O–H groups in total. The first kappa shape index (κ1) is 19.2. The third-order valence-electron chi connectivity index (χ3n) is 5.98. The number of nitriles is 1. The summed E-state index contributed by atoms with van der Waals surface area (Å²) < 4.78 is 0.640. The number of benzene rings is 1. The topological polar surface area (TPSA) is 109 Å². The Kier molecular flexibility index (Phi) is 5.34. The van der Waals surface area contributed by atoms with E-state index in [1.165, 1.54) is 6.07 Å². The van der Waals surface area contributed by atoms with Crippen molar-refractivity contribution >= 4 is 22.7 Å². The van der Waals surface area contributed by atoms with Crippen LogP contribution in [0.25, 0.3) is 10.9 Å². The molecule has 2 aliphatic rings. The molecular formula is C22H24N4O3. The average molecular weight is 392 g/mol. The predicted molar refractivity (Wildman–Crippen MR) is 106 cm³/mol. The van der Waals surface area contributed by atoms with E-state index in [4.69, 9.17) is 0 Å².